The molecule has 9 aromatic carbocycles. The molecule has 0 aliphatic heterocycles. The molecule has 0 fully saturated rings. The summed E-state index contributed by atoms with van der Waals surface area (Å²) in [6.07, 6.45) is 0. The van der Waals surface area contributed by atoms with Crippen LogP contribution in [-0.4, -0.2) is 0 Å². The maximum atomic E-state index is 2.47. The Bertz CT molecular complexity index is 3200. The number of fused-ring (bicyclic) bond motifs is 6. The van der Waals surface area contributed by atoms with Gasteiger partial charge in [-0.15, -0.1) is 22.7 Å². The molecule has 2 aromatic heterocycles. The molecule has 1 nitrogen and oxygen atoms in total. The highest BCUT2D eigenvalue weighted by Gasteiger charge is 2.23. The number of thiophene rings is 2. The van der Waals surface area contributed by atoms with Crippen LogP contribution in [0.4, 0.5) is 17.1 Å². The number of nitrogens with zero attached hydrogens (tertiary/aromatic N) is 1. The Kier molecular flexibility index (Phi) is 8.28. The van der Waals surface area contributed by atoms with Gasteiger partial charge in [0.2, 0.25) is 0 Å². The highest BCUT2D eigenvalue weighted by molar-refractivity contribution is 7.26. The van der Waals surface area contributed by atoms with Crippen molar-refractivity contribution in [2.45, 2.75) is 0 Å². The smallest absolute Gasteiger partial charge is 0.0718 e. The van der Waals surface area contributed by atoms with Gasteiger partial charge in [0.05, 0.1) is 10.4 Å². The second-order valence-corrected chi connectivity index (χ2v) is 16.6. The van der Waals surface area contributed by atoms with Crippen LogP contribution in [0.5, 0.6) is 0 Å². The van der Waals surface area contributed by atoms with E-state index in [-0.39, 0.29) is 0 Å². The van der Waals surface area contributed by atoms with Crippen molar-refractivity contribution in [1.82, 2.24) is 0 Å². The van der Waals surface area contributed by atoms with Crippen molar-refractivity contribution in [2.24, 2.45) is 0 Å². The van der Waals surface area contributed by atoms with Crippen molar-refractivity contribution in [1.29, 1.82) is 0 Å². The zero-order valence-corrected chi connectivity index (χ0v) is 32.6. The molecule has 0 saturated heterocycles. The van der Waals surface area contributed by atoms with Gasteiger partial charge in [0.15, 0.2) is 0 Å². The third kappa shape index (κ3) is 6.00. The van der Waals surface area contributed by atoms with Crippen molar-refractivity contribution < 1.29 is 0 Å². The summed E-state index contributed by atoms with van der Waals surface area (Å²) in [4.78, 5) is 2.47. The Morgan fingerprint density at radius 1 is 0.281 bits per heavy atom. The fraction of sp³-hybridized carbons (Fsp3) is 0. The van der Waals surface area contributed by atoms with Crippen LogP contribution in [0, 0.1) is 0 Å². The molecule has 57 heavy (non-hydrogen) atoms. The lowest BCUT2D eigenvalue weighted by Crippen LogP contribution is -2.11. The predicted molar refractivity (Wildman–Crippen MR) is 249 cm³/mol. The molecule has 11 rings (SSSR count). The van der Waals surface area contributed by atoms with Gasteiger partial charge in [-0.05, 0) is 87.5 Å². The van der Waals surface area contributed by atoms with E-state index in [1.54, 1.807) is 0 Å². The lowest BCUT2D eigenvalue weighted by atomic mass is 9.98. The van der Waals surface area contributed by atoms with Gasteiger partial charge in [-0.2, -0.15) is 0 Å². The van der Waals surface area contributed by atoms with E-state index in [4.69, 9.17) is 0 Å². The zero-order valence-electron chi connectivity index (χ0n) is 31.0. The molecule has 268 valence electrons. The Labute approximate surface area is 340 Å². The van der Waals surface area contributed by atoms with Crippen molar-refractivity contribution in [2.75, 3.05) is 4.90 Å². The highest BCUT2D eigenvalue weighted by atomic mass is 32.1. The van der Waals surface area contributed by atoms with Crippen LogP contribution in [0.1, 0.15) is 0 Å². The molecular weight excluding hydrogens is 727 g/mol. The maximum absolute atomic E-state index is 2.47. The molecule has 0 saturated carbocycles. The summed E-state index contributed by atoms with van der Waals surface area (Å²) in [5, 5.41) is 5.21. The third-order valence-electron chi connectivity index (χ3n) is 11.1. The number of anilines is 3. The van der Waals surface area contributed by atoms with Gasteiger partial charge >= 0.3 is 0 Å². The second-order valence-electron chi connectivity index (χ2n) is 14.5. The van der Waals surface area contributed by atoms with Crippen molar-refractivity contribution in [3.63, 3.8) is 0 Å². The predicted octanol–water partition coefficient (Wildman–Crippen LogP) is 16.6. The molecule has 0 unspecified atom stereocenters. The zero-order chi connectivity index (χ0) is 37.7. The molecule has 0 amide bonds. The fourth-order valence-electron chi connectivity index (χ4n) is 8.25. The van der Waals surface area contributed by atoms with Crippen molar-refractivity contribution in [3.8, 4) is 44.5 Å². The number of hydrogen-bond acceptors (Lipinski definition) is 3. The van der Waals surface area contributed by atoms with Crippen LogP contribution in [0.3, 0.4) is 0 Å². The van der Waals surface area contributed by atoms with E-state index in [1.807, 2.05) is 22.7 Å². The van der Waals surface area contributed by atoms with Gasteiger partial charge in [0, 0.05) is 52.6 Å². The van der Waals surface area contributed by atoms with Gasteiger partial charge in [-0.3, -0.25) is 0 Å². The molecule has 0 radical (unpaired) electrons. The summed E-state index contributed by atoms with van der Waals surface area (Å²) in [5.41, 5.74) is 13.1. The van der Waals surface area contributed by atoms with Crippen LogP contribution in [0.15, 0.2) is 212 Å². The molecule has 0 spiro atoms. The summed E-state index contributed by atoms with van der Waals surface area (Å²) >= 11 is 3.74. The Morgan fingerprint density at radius 2 is 0.719 bits per heavy atom. The molecular formula is C54H35NS2. The van der Waals surface area contributed by atoms with Crippen molar-refractivity contribution >= 4 is 80.1 Å². The van der Waals surface area contributed by atoms with E-state index < -0.39 is 0 Å². The number of benzene rings is 9. The molecule has 2 heterocycles. The van der Waals surface area contributed by atoms with Gasteiger partial charge in [-0.1, -0.05) is 164 Å². The first-order valence-electron chi connectivity index (χ1n) is 19.3. The molecule has 0 atom stereocenters. The lowest BCUT2D eigenvalue weighted by molar-refractivity contribution is 1.30. The first-order chi connectivity index (χ1) is 28.2. The van der Waals surface area contributed by atoms with Crippen LogP contribution in [0.2, 0.25) is 0 Å². The molecule has 0 aliphatic rings. The van der Waals surface area contributed by atoms with Crippen LogP contribution in [-0.2, 0) is 0 Å². The topological polar surface area (TPSA) is 3.24 Å². The SMILES string of the molecule is c1ccc(-c2ccc(-c3ccc(N(c4ccc(-c5ccc6sc7ccccc7c6c5)cc4)c4c(-c5ccccc5)ccc5c4sc4ccccc45)cc3)cc2)cc1. The molecule has 0 aliphatic carbocycles. The normalized spacial score (nSPS) is 11.5. The van der Waals surface area contributed by atoms with E-state index >= 15 is 0 Å². The summed E-state index contributed by atoms with van der Waals surface area (Å²) in [7, 11) is 0. The largest absolute Gasteiger partial charge is 0.308 e. The molecule has 11 aromatic rings. The second kappa shape index (κ2) is 14.1. The van der Waals surface area contributed by atoms with E-state index in [0.29, 0.717) is 0 Å². The fourth-order valence-corrected chi connectivity index (χ4v) is 10.6. The van der Waals surface area contributed by atoms with E-state index in [2.05, 4.69) is 217 Å². The Morgan fingerprint density at radius 3 is 1.33 bits per heavy atom. The standard InChI is InChI=1S/C54H35NS2/c1-3-11-36(12-4-1)37-19-21-38(22-20-37)39-23-28-43(29-24-39)55(44-30-25-40(26-31-44)42-27-34-52-49(35-42)47-16-8-9-17-50(47)56-52)53-45(41-13-5-2-6-14-41)32-33-48-46-15-7-10-18-51(46)57-54(48)53/h1-35H. The minimum Gasteiger partial charge on any atom is -0.308 e. The minimum atomic E-state index is 1.11. The van der Waals surface area contributed by atoms with Crippen LogP contribution in [0.25, 0.3) is 84.9 Å². The van der Waals surface area contributed by atoms with E-state index in [1.165, 1.54) is 90.5 Å². The van der Waals surface area contributed by atoms with Gasteiger partial charge in [-0.25, -0.2) is 0 Å². The van der Waals surface area contributed by atoms with Crippen LogP contribution < -0.4 is 4.90 Å². The Hall–Kier alpha value is -6.78. The quantitative estimate of drug-likeness (QED) is 0.156. The monoisotopic (exact) mass is 761 g/mol. The number of hydrogen-bond donors (Lipinski definition) is 0. The van der Waals surface area contributed by atoms with E-state index in [9.17, 15) is 0 Å². The first kappa shape index (κ1) is 33.5. The van der Waals surface area contributed by atoms with Gasteiger partial charge in [0.25, 0.3) is 0 Å². The van der Waals surface area contributed by atoms with Gasteiger partial charge in [0.1, 0.15) is 0 Å². The summed E-state index contributed by atoms with van der Waals surface area (Å²) in [5.74, 6) is 0. The number of rotatable bonds is 7. The average Bonchev–Trinajstić information content (AvgIpc) is 3.86. The maximum Gasteiger partial charge on any atom is 0.0718 e. The third-order valence-corrected chi connectivity index (χ3v) is 13.5. The summed E-state index contributed by atoms with van der Waals surface area (Å²) in [6.45, 7) is 0. The first-order valence-corrected chi connectivity index (χ1v) is 21.0. The summed E-state index contributed by atoms with van der Waals surface area (Å²) < 4.78 is 5.22. The Balaban J connectivity index is 1.06. The van der Waals surface area contributed by atoms with Gasteiger partial charge < -0.3 is 4.90 Å². The highest BCUT2D eigenvalue weighted by Crippen LogP contribution is 2.50. The molecule has 3 heteroatoms. The van der Waals surface area contributed by atoms with E-state index in [0.717, 1.165) is 11.4 Å². The molecule has 0 bridgehead atoms. The van der Waals surface area contributed by atoms with Crippen molar-refractivity contribution in [3.05, 3.63) is 212 Å². The average molecular weight is 762 g/mol. The lowest BCUT2D eigenvalue weighted by Gasteiger charge is -2.29. The van der Waals surface area contributed by atoms with Crippen LogP contribution >= 0.6 is 22.7 Å². The minimum absolute atomic E-state index is 1.11. The molecule has 0 N–H and O–H groups in total. The summed E-state index contributed by atoms with van der Waals surface area (Å²) in [6, 6.07) is 77.6.